The largest absolute Gasteiger partial charge is 0.465 e. The van der Waals surface area contributed by atoms with Crippen molar-refractivity contribution in [2.45, 2.75) is 13.0 Å². The molecule has 5 heteroatoms. The summed E-state index contributed by atoms with van der Waals surface area (Å²) in [4.78, 5) is 18.0. The summed E-state index contributed by atoms with van der Waals surface area (Å²) in [7, 11) is 3.12. The van der Waals surface area contributed by atoms with E-state index in [9.17, 15) is 4.79 Å². The number of carbonyl (C=O) groups excluding carboxylic acids is 1. The molecule has 104 valence electrons. The first-order chi connectivity index (χ1) is 9.22. The molecule has 0 N–H and O–H groups in total. The molecule has 0 spiro atoms. The highest BCUT2D eigenvalue weighted by Crippen LogP contribution is 2.18. The van der Waals surface area contributed by atoms with Crippen LogP contribution in [0, 0.1) is 5.92 Å². The van der Waals surface area contributed by atoms with E-state index in [0.717, 1.165) is 31.9 Å². The van der Waals surface area contributed by atoms with Crippen LogP contribution >= 0.6 is 0 Å². The van der Waals surface area contributed by atoms with Crippen LogP contribution in [0.5, 0.6) is 0 Å². The van der Waals surface area contributed by atoms with Crippen molar-refractivity contribution in [1.29, 1.82) is 0 Å². The van der Waals surface area contributed by atoms with Crippen LogP contribution in [-0.4, -0.2) is 49.8 Å². The second-order valence-electron chi connectivity index (χ2n) is 4.87. The van der Waals surface area contributed by atoms with Gasteiger partial charge in [-0.05, 0) is 31.0 Å². The van der Waals surface area contributed by atoms with Gasteiger partial charge in [-0.25, -0.2) is 4.79 Å². The summed E-state index contributed by atoms with van der Waals surface area (Å²) in [5, 5.41) is 0. The normalized spacial score (nSPS) is 19.6. The van der Waals surface area contributed by atoms with Gasteiger partial charge in [-0.1, -0.05) is 0 Å². The molecule has 2 heterocycles. The Labute approximate surface area is 113 Å². The van der Waals surface area contributed by atoms with Gasteiger partial charge < -0.3 is 9.47 Å². The molecule has 0 aliphatic carbocycles. The topological polar surface area (TPSA) is 51.7 Å². The standard InChI is InChI=1S/C14H20N2O3/c1-18-10-11-5-6-16(8-11)9-13-4-3-12(7-15-13)14(17)19-2/h3-4,7,11H,5-6,8-10H2,1-2H3. The van der Waals surface area contributed by atoms with Crippen molar-refractivity contribution in [3.63, 3.8) is 0 Å². The van der Waals surface area contributed by atoms with Crippen LogP contribution in [0.15, 0.2) is 18.3 Å². The van der Waals surface area contributed by atoms with Gasteiger partial charge in [0.2, 0.25) is 0 Å². The second kappa shape index (κ2) is 6.63. The lowest BCUT2D eigenvalue weighted by atomic mass is 10.1. The van der Waals surface area contributed by atoms with Gasteiger partial charge in [0.05, 0.1) is 25.0 Å². The summed E-state index contributed by atoms with van der Waals surface area (Å²) in [5.74, 6) is 0.278. The molecule has 1 aromatic heterocycles. The predicted molar refractivity (Wildman–Crippen MR) is 70.8 cm³/mol. The first-order valence-electron chi connectivity index (χ1n) is 6.47. The lowest BCUT2D eigenvalue weighted by molar-refractivity contribution is 0.0600. The fourth-order valence-electron chi connectivity index (χ4n) is 2.41. The van der Waals surface area contributed by atoms with Crippen LogP contribution in [0.3, 0.4) is 0 Å². The zero-order chi connectivity index (χ0) is 13.7. The maximum absolute atomic E-state index is 11.3. The number of hydrogen-bond donors (Lipinski definition) is 0. The number of rotatable bonds is 5. The molecule has 0 aromatic carbocycles. The monoisotopic (exact) mass is 264 g/mol. The van der Waals surface area contributed by atoms with E-state index in [1.54, 1.807) is 19.4 Å². The molecule has 0 radical (unpaired) electrons. The van der Waals surface area contributed by atoms with Gasteiger partial charge in [-0.15, -0.1) is 0 Å². The van der Waals surface area contributed by atoms with E-state index < -0.39 is 0 Å². The van der Waals surface area contributed by atoms with Crippen LogP contribution in [-0.2, 0) is 16.0 Å². The van der Waals surface area contributed by atoms with Gasteiger partial charge in [0.25, 0.3) is 0 Å². The maximum atomic E-state index is 11.3. The Hall–Kier alpha value is -1.46. The van der Waals surface area contributed by atoms with E-state index in [-0.39, 0.29) is 5.97 Å². The number of ether oxygens (including phenoxy) is 2. The molecule has 0 bridgehead atoms. The van der Waals surface area contributed by atoms with Crippen molar-refractivity contribution in [1.82, 2.24) is 9.88 Å². The molecule has 5 nitrogen and oxygen atoms in total. The quantitative estimate of drug-likeness (QED) is 0.751. The van der Waals surface area contributed by atoms with Crippen molar-refractivity contribution in [3.8, 4) is 0 Å². The molecule has 1 fully saturated rings. The molecule has 2 rings (SSSR count). The molecule has 0 saturated carbocycles. The van der Waals surface area contributed by atoms with Gasteiger partial charge in [-0.2, -0.15) is 0 Å². The fraction of sp³-hybridized carbons (Fsp3) is 0.571. The van der Waals surface area contributed by atoms with Crippen LogP contribution in [0.25, 0.3) is 0 Å². The number of aromatic nitrogens is 1. The Balaban J connectivity index is 1.88. The van der Waals surface area contributed by atoms with Gasteiger partial charge >= 0.3 is 5.97 Å². The van der Waals surface area contributed by atoms with Gasteiger partial charge in [-0.3, -0.25) is 9.88 Å². The number of esters is 1. The summed E-state index contributed by atoms with van der Waals surface area (Å²) in [6.45, 7) is 3.77. The second-order valence-corrected chi connectivity index (χ2v) is 4.87. The Bertz CT molecular complexity index is 419. The Morgan fingerprint density at radius 1 is 1.47 bits per heavy atom. The molecular weight excluding hydrogens is 244 g/mol. The highest BCUT2D eigenvalue weighted by molar-refractivity contribution is 5.88. The van der Waals surface area contributed by atoms with Crippen molar-refractivity contribution in [2.24, 2.45) is 5.92 Å². The molecule has 0 amide bonds. The van der Waals surface area contributed by atoms with E-state index in [2.05, 4.69) is 14.6 Å². The number of carbonyl (C=O) groups is 1. The zero-order valence-corrected chi connectivity index (χ0v) is 11.5. The van der Waals surface area contributed by atoms with Crippen molar-refractivity contribution < 1.29 is 14.3 Å². The van der Waals surface area contributed by atoms with E-state index in [4.69, 9.17) is 4.74 Å². The third-order valence-corrected chi connectivity index (χ3v) is 3.40. The highest BCUT2D eigenvalue weighted by Gasteiger charge is 2.22. The molecule has 1 aromatic rings. The fourth-order valence-corrected chi connectivity index (χ4v) is 2.41. The number of likely N-dealkylation sites (tertiary alicyclic amines) is 1. The lowest BCUT2D eigenvalue weighted by Gasteiger charge is -2.15. The highest BCUT2D eigenvalue weighted by atomic mass is 16.5. The molecule has 1 aliphatic heterocycles. The SMILES string of the molecule is COCC1CCN(Cc2ccc(C(=O)OC)cn2)C1. The molecule has 1 atom stereocenters. The van der Waals surface area contributed by atoms with Crippen molar-refractivity contribution in [2.75, 3.05) is 33.9 Å². The minimum absolute atomic E-state index is 0.347. The summed E-state index contributed by atoms with van der Waals surface area (Å²) in [6.07, 6.45) is 2.75. The minimum atomic E-state index is -0.347. The van der Waals surface area contributed by atoms with Gasteiger partial charge in [0.1, 0.15) is 0 Å². The summed E-state index contributed by atoms with van der Waals surface area (Å²) < 4.78 is 9.83. The maximum Gasteiger partial charge on any atom is 0.339 e. The first-order valence-corrected chi connectivity index (χ1v) is 6.47. The zero-order valence-electron chi connectivity index (χ0n) is 11.5. The Kier molecular flexibility index (Phi) is 4.87. The van der Waals surface area contributed by atoms with Crippen LogP contribution in [0.4, 0.5) is 0 Å². The number of hydrogen-bond acceptors (Lipinski definition) is 5. The Morgan fingerprint density at radius 3 is 2.95 bits per heavy atom. The number of pyridine rings is 1. The minimum Gasteiger partial charge on any atom is -0.465 e. The molecule has 19 heavy (non-hydrogen) atoms. The van der Waals surface area contributed by atoms with Crippen molar-refractivity contribution >= 4 is 5.97 Å². The number of nitrogens with zero attached hydrogens (tertiary/aromatic N) is 2. The molecule has 1 aliphatic rings. The van der Waals surface area contributed by atoms with Crippen molar-refractivity contribution in [3.05, 3.63) is 29.6 Å². The first kappa shape index (κ1) is 14.0. The predicted octanol–water partition coefficient (Wildman–Crippen LogP) is 1.34. The smallest absolute Gasteiger partial charge is 0.339 e. The Morgan fingerprint density at radius 2 is 2.32 bits per heavy atom. The van der Waals surface area contributed by atoms with Crippen LogP contribution in [0.1, 0.15) is 22.5 Å². The summed E-state index contributed by atoms with van der Waals surface area (Å²) in [6, 6.07) is 3.65. The van der Waals surface area contributed by atoms with Crippen LogP contribution < -0.4 is 0 Å². The summed E-state index contributed by atoms with van der Waals surface area (Å²) in [5.41, 5.74) is 1.47. The molecule has 1 unspecified atom stereocenters. The average Bonchev–Trinajstić information content (AvgIpc) is 2.86. The van der Waals surface area contributed by atoms with Gasteiger partial charge in [0, 0.05) is 26.4 Å². The lowest BCUT2D eigenvalue weighted by Crippen LogP contribution is -2.22. The van der Waals surface area contributed by atoms with E-state index in [1.807, 2.05) is 6.07 Å². The number of methoxy groups -OCH3 is 2. The van der Waals surface area contributed by atoms with E-state index >= 15 is 0 Å². The van der Waals surface area contributed by atoms with Gasteiger partial charge in [0.15, 0.2) is 0 Å². The van der Waals surface area contributed by atoms with Crippen LogP contribution in [0.2, 0.25) is 0 Å². The summed E-state index contributed by atoms with van der Waals surface area (Å²) >= 11 is 0. The average molecular weight is 264 g/mol. The molecule has 1 saturated heterocycles. The third kappa shape index (κ3) is 3.75. The van der Waals surface area contributed by atoms with E-state index in [0.29, 0.717) is 11.5 Å². The van der Waals surface area contributed by atoms with E-state index in [1.165, 1.54) is 13.5 Å². The third-order valence-electron chi connectivity index (χ3n) is 3.40. The molecular formula is C14H20N2O3.